The molecule has 0 radical (unpaired) electrons. The third-order valence-corrected chi connectivity index (χ3v) is 7.68. The first-order chi connectivity index (χ1) is 22.2. The lowest BCUT2D eigenvalue weighted by atomic mass is 10.2. The monoisotopic (exact) mass is 620 g/mol. The molecule has 4 amide bonds. The summed E-state index contributed by atoms with van der Waals surface area (Å²) in [6, 6.07) is 30.5. The van der Waals surface area contributed by atoms with Crippen molar-refractivity contribution in [2.45, 2.75) is 33.0 Å². The lowest BCUT2D eigenvalue weighted by Crippen LogP contribution is -2.31. The molecule has 10 nitrogen and oxygen atoms in total. The molecule has 0 aliphatic carbocycles. The van der Waals surface area contributed by atoms with E-state index < -0.39 is 0 Å². The summed E-state index contributed by atoms with van der Waals surface area (Å²) in [6.07, 6.45) is -0.259. The summed E-state index contributed by atoms with van der Waals surface area (Å²) in [4.78, 5) is 52.5. The summed E-state index contributed by atoms with van der Waals surface area (Å²) in [5.74, 6) is 0.398. The van der Waals surface area contributed by atoms with Crippen molar-refractivity contribution >= 4 is 46.4 Å². The Kier molecular flexibility index (Phi) is 9.97. The van der Waals surface area contributed by atoms with Gasteiger partial charge in [-0.3, -0.25) is 19.2 Å². The molecule has 0 unspecified atom stereocenters. The summed E-state index contributed by atoms with van der Waals surface area (Å²) in [5.41, 5.74) is 4.82. The van der Waals surface area contributed by atoms with Crippen LogP contribution in [0.5, 0.6) is 11.5 Å². The first-order valence-electron chi connectivity index (χ1n) is 15.0. The number of amides is 4. The molecule has 0 fully saturated rings. The topological polar surface area (TPSA) is 108 Å². The molecule has 2 aliphatic heterocycles. The molecule has 46 heavy (non-hydrogen) atoms. The van der Waals surface area contributed by atoms with Gasteiger partial charge in [-0.05, 0) is 42.3 Å². The lowest BCUT2D eigenvalue weighted by molar-refractivity contribution is -0.127. The number of rotatable bonds is 7. The van der Waals surface area contributed by atoms with Gasteiger partial charge in [0.2, 0.25) is 23.6 Å². The minimum Gasteiger partial charge on any atom is -0.489 e. The summed E-state index contributed by atoms with van der Waals surface area (Å²) in [7, 11) is 3.34. The fourth-order valence-corrected chi connectivity index (χ4v) is 5.10. The molecule has 0 atom stereocenters. The number of anilines is 4. The normalized spacial score (nSPS) is 14.3. The molecular formula is C36H36N4O6. The van der Waals surface area contributed by atoms with E-state index in [1.807, 2.05) is 85.8 Å². The van der Waals surface area contributed by atoms with E-state index in [4.69, 9.17) is 9.47 Å². The smallest absolute Gasteiger partial charge is 0.236 e. The molecule has 236 valence electrons. The SMILES string of the molecule is CCN1C(=O)CC(=O)N(C)c2cc(OCc3ccccc3)ccc21.CN1C(=O)CC(=O)Nc2ccc(OCc3ccccc3)cc21. The molecule has 0 aromatic heterocycles. The highest BCUT2D eigenvalue weighted by atomic mass is 16.5. The molecule has 1 N–H and O–H groups in total. The zero-order valence-electron chi connectivity index (χ0n) is 26.1. The van der Waals surface area contributed by atoms with Crippen LogP contribution in [0.15, 0.2) is 97.1 Å². The Balaban J connectivity index is 0.000000182. The molecule has 0 saturated heterocycles. The van der Waals surface area contributed by atoms with Crippen molar-refractivity contribution < 1.29 is 28.7 Å². The van der Waals surface area contributed by atoms with Gasteiger partial charge in [0.25, 0.3) is 0 Å². The number of nitrogens with one attached hydrogen (secondary N) is 1. The van der Waals surface area contributed by atoms with Crippen molar-refractivity contribution in [2.24, 2.45) is 0 Å². The Morgan fingerprint density at radius 2 is 1.13 bits per heavy atom. The Morgan fingerprint density at radius 1 is 0.609 bits per heavy atom. The van der Waals surface area contributed by atoms with Crippen molar-refractivity contribution in [1.82, 2.24) is 0 Å². The lowest BCUT2D eigenvalue weighted by Gasteiger charge is -2.23. The second kappa shape index (κ2) is 14.4. The van der Waals surface area contributed by atoms with E-state index in [0.29, 0.717) is 48.3 Å². The van der Waals surface area contributed by atoms with Gasteiger partial charge in [0.15, 0.2) is 0 Å². The Hall–Kier alpha value is -5.64. The van der Waals surface area contributed by atoms with Crippen LogP contribution >= 0.6 is 0 Å². The number of carbonyl (C=O) groups excluding carboxylic acids is 4. The number of hydrogen-bond donors (Lipinski definition) is 1. The van der Waals surface area contributed by atoms with Gasteiger partial charge in [-0.2, -0.15) is 0 Å². The first kappa shape index (κ1) is 31.8. The van der Waals surface area contributed by atoms with Crippen LogP contribution in [-0.2, 0) is 32.4 Å². The van der Waals surface area contributed by atoms with Crippen LogP contribution in [0.25, 0.3) is 0 Å². The van der Waals surface area contributed by atoms with Crippen LogP contribution in [0.4, 0.5) is 22.7 Å². The zero-order chi connectivity index (χ0) is 32.6. The van der Waals surface area contributed by atoms with Crippen LogP contribution in [0.3, 0.4) is 0 Å². The van der Waals surface area contributed by atoms with Gasteiger partial charge in [0, 0.05) is 32.8 Å². The Labute approximate surface area is 268 Å². The van der Waals surface area contributed by atoms with Crippen molar-refractivity contribution in [1.29, 1.82) is 0 Å². The molecule has 10 heteroatoms. The quantitative estimate of drug-likeness (QED) is 0.271. The third kappa shape index (κ3) is 7.52. The number of benzene rings is 4. The van der Waals surface area contributed by atoms with Crippen LogP contribution in [0, 0.1) is 0 Å². The van der Waals surface area contributed by atoms with Crippen LogP contribution in [0.1, 0.15) is 30.9 Å². The predicted molar refractivity (Wildman–Crippen MR) is 177 cm³/mol. The predicted octanol–water partition coefficient (Wildman–Crippen LogP) is 5.56. The van der Waals surface area contributed by atoms with Gasteiger partial charge in [-0.25, -0.2) is 0 Å². The van der Waals surface area contributed by atoms with Crippen LogP contribution in [0.2, 0.25) is 0 Å². The standard InChI is InChI=1S/C19H20N2O3.C17H16N2O3/c1-3-21-16-10-9-15(24-13-14-7-5-4-6-8-14)11-17(16)20(2)18(22)12-19(21)23;1-19-15-9-13(22-11-12-5-3-2-4-6-12)7-8-14(15)18-16(20)10-17(19)21/h4-11H,3,12-13H2,1-2H3;2-9H,10-11H2,1H3,(H,18,20). The summed E-state index contributed by atoms with van der Waals surface area (Å²) in [6.45, 7) is 3.33. The minimum atomic E-state index is -0.298. The van der Waals surface area contributed by atoms with E-state index in [1.54, 1.807) is 37.2 Å². The molecule has 6 rings (SSSR count). The first-order valence-corrected chi connectivity index (χ1v) is 15.0. The van der Waals surface area contributed by atoms with Gasteiger partial charge in [-0.15, -0.1) is 0 Å². The number of hydrogen-bond acceptors (Lipinski definition) is 6. The average molecular weight is 621 g/mol. The minimum absolute atomic E-state index is 0.112. The number of nitrogens with zero attached hydrogens (tertiary/aromatic N) is 3. The van der Waals surface area contributed by atoms with Gasteiger partial charge in [0.1, 0.15) is 37.6 Å². The van der Waals surface area contributed by atoms with Crippen molar-refractivity contribution in [3.05, 3.63) is 108 Å². The largest absolute Gasteiger partial charge is 0.489 e. The molecule has 2 aliphatic rings. The maximum Gasteiger partial charge on any atom is 0.236 e. The average Bonchev–Trinajstić information content (AvgIpc) is 3.23. The highest BCUT2D eigenvalue weighted by Gasteiger charge is 2.29. The maximum atomic E-state index is 12.2. The molecule has 0 saturated carbocycles. The molecular weight excluding hydrogens is 584 g/mol. The van der Waals surface area contributed by atoms with E-state index in [1.165, 1.54) is 9.80 Å². The summed E-state index contributed by atoms with van der Waals surface area (Å²) >= 11 is 0. The fourth-order valence-electron chi connectivity index (χ4n) is 5.10. The van der Waals surface area contributed by atoms with Gasteiger partial charge in [0.05, 0.1) is 22.7 Å². The second-order valence-corrected chi connectivity index (χ2v) is 10.8. The molecule has 4 aromatic rings. The van der Waals surface area contributed by atoms with Crippen LogP contribution < -0.4 is 29.5 Å². The van der Waals surface area contributed by atoms with E-state index in [-0.39, 0.29) is 36.5 Å². The zero-order valence-corrected chi connectivity index (χ0v) is 26.1. The van der Waals surface area contributed by atoms with Crippen LogP contribution in [-0.4, -0.2) is 44.3 Å². The highest BCUT2D eigenvalue weighted by Crippen LogP contribution is 2.36. The summed E-state index contributed by atoms with van der Waals surface area (Å²) < 4.78 is 11.6. The van der Waals surface area contributed by atoms with Gasteiger partial charge in [-0.1, -0.05) is 60.7 Å². The van der Waals surface area contributed by atoms with E-state index in [9.17, 15) is 19.2 Å². The Morgan fingerprint density at radius 3 is 1.72 bits per heavy atom. The third-order valence-electron chi connectivity index (χ3n) is 7.68. The fraction of sp³-hybridized carbons (Fsp3) is 0.222. The Bertz CT molecular complexity index is 1730. The van der Waals surface area contributed by atoms with E-state index in [2.05, 4.69) is 5.32 Å². The maximum absolute atomic E-state index is 12.2. The molecule has 4 aromatic carbocycles. The second-order valence-electron chi connectivity index (χ2n) is 10.8. The van der Waals surface area contributed by atoms with Crippen molar-refractivity contribution in [3.63, 3.8) is 0 Å². The molecule has 0 bridgehead atoms. The number of fused-ring (bicyclic) bond motifs is 2. The van der Waals surface area contributed by atoms with E-state index in [0.717, 1.165) is 16.8 Å². The van der Waals surface area contributed by atoms with Crippen molar-refractivity contribution in [2.75, 3.05) is 40.7 Å². The highest BCUT2D eigenvalue weighted by molar-refractivity contribution is 6.15. The van der Waals surface area contributed by atoms with Gasteiger partial charge >= 0.3 is 0 Å². The van der Waals surface area contributed by atoms with E-state index >= 15 is 0 Å². The van der Waals surface area contributed by atoms with Gasteiger partial charge < -0.3 is 29.5 Å². The number of carbonyl (C=O) groups is 4. The number of ether oxygens (including phenoxy) is 2. The van der Waals surface area contributed by atoms with Crippen molar-refractivity contribution in [3.8, 4) is 11.5 Å². The molecule has 0 spiro atoms. The molecule has 2 heterocycles. The summed E-state index contributed by atoms with van der Waals surface area (Å²) in [5, 5.41) is 2.73.